The van der Waals surface area contributed by atoms with Crippen LogP contribution >= 0.6 is 0 Å². The Morgan fingerprint density at radius 1 is 1.14 bits per heavy atom. The highest BCUT2D eigenvalue weighted by atomic mass is 32.2. The summed E-state index contributed by atoms with van der Waals surface area (Å²) in [6.07, 6.45) is 1.26. The predicted molar refractivity (Wildman–Crippen MR) is 107 cm³/mol. The van der Waals surface area contributed by atoms with Crippen molar-refractivity contribution in [2.24, 2.45) is 0 Å². The molecule has 156 valence electrons. The summed E-state index contributed by atoms with van der Waals surface area (Å²) in [6.45, 7) is 5.42. The van der Waals surface area contributed by atoms with E-state index in [2.05, 4.69) is 9.62 Å². The number of ether oxygens (including phenoxy) is 1. The van der Waals surface area contributed by atoms with E-state index in [-0.39, 0.29) is 18.3 Å². The van der Waals surface area contributed by atoms with Crippen molar-refractivity contribution >= 4 is 27.6 Å². The highest BCUT2D eigenvalue weighted by Crippen LogP contribution is 2.15. The van der Waals surface area contributed by atoms with Crippen LogP contribution in [0.1, 0.15) is 26.7 Å². The molecule has 0 bridgehead atoms. The fourth-order valence-electron chi connectivity index (χ4n) is 2.91. The predicted octanol–water partition coefficient (Wildman–Crippen LogP) is 0.986. The van der Waals surface area contributed by atoms with Crippen molar-refractivity contribution in [1.82, 2.24) is 9.62 Å². The van der Waals surface area contributed by atoms with Crippen molar-refractivity contribution < 1.29 is 22.7 Å². The Labute approximate surface area is 166 Å². The number of unbranched alkanes of at least 4 members (excludes halogenated alkanes) is 1. The Morgan fingerprint density at radius 3 is 2.39 bits per heavy atom. The first kappa shape index (κ1) is 22.2. The van der Waals surface area contributed by atoms with Gasteiger partial charge in [-0.3, -0.25) is 9.59 Å². The number of piperazine rings is 1. The number of hydrogen-bond acceptors (Lipinski definition) is 6. The monoisotopic (exact) mass is 411 g/mol. The van der Waals surface area contributed by atoms with Gasteiger partial charge in [-0.15, -0.1) is 0 Å². The fourth-order valence-corrected chi connectivity index (χ4v) is 4.33. The summed E-state index contributed by atoms with van der Waals surface area (Å²) in [5.41, 5.74) is 1.12. The normalized spacial score (nSPS) is 15.9. The van der Waals surface area contributed by atoms with E-state index in [1.54, 1.807) is 4.90 Å². The molecule has 0 aromatic heterocycles. The lowest BCUT2D eigenvalue weighted by Gasteiger charge is -2.36. The van der Waals surface area contributed by atoms with Crippen molar-refractivity contribution in [1.29, 1.82) is 0 Å². The largest absolute Gasteiger partial charge is 0.454 e. The van der Waals surface area contributed by atoms with Crippen LogP contribution in [0.25, 0.3) is 0 Å². The molecule has 1 N–H and O–H groups in total. The standard InChI is InChI=1S/C19H29N3O5S/c1-3-4-14-28(25,26)20-16(2)19(24)27-15-18(23)22-12-10-21(11-13-22)17-8-6-5-7-9-17/h5-9,16,20H,3-4,10-15H2,1-2H3/t16-/m0/s1. The van der Waals surface area contributed by atoms with E-state index in [9.17, 15) is 18.0 Å². The zero-order chi connectivity index (χ0) is 20.6. The first-order chi connectivity index (χ1) is 13.3. The Bertz CT molecular complexity index is 746. The van der Waals surface area contributed by atoms with Crippen LogP contribution in [0, 0.1) is 0 Å². The number of carbonyl (C=O) groups is 2. The Hall–Kier alpha value is -2.13. The minimum atomic E-state index is -3.53. The summed E-state index contributed by atoms with van der Waals surface area (Å²) in [6, 6.07) is 8.95. The van der Waals surface area contributed by atoms with Crippen LogP contribution in [-0.2, 0) is 24.3 Å². The molecule has 0 saturated carbocycles. The zero-order valence-electron chi connectivity index (χ0n) is 16.5. The smallest absolute Gasteiger partial charge is 0.324 e. The van der Waals surface area contributed by atoms with Crippen LogP contribution in [0.5, 0.6) is 0 Å². The number of rotatable bonds is 9. The first-order valence-corrected chi connectivity index (χ1v) is 11.2. The molecule has 2 rings (SSSR count). The van der Waals surface area contributed by atoms with Gasteiger partial charge < -0.3 is 14.5 Å². The topological polar surface area (TPSA) is 96.0 Å². The van der Waals surface area contributed by atoms with Gasteiger partial charge in [-0.2, -0.15) is 0 Å². The van der Waals surface area contributed by atoms with Crippen LogP contribution in [-0.4, -0.2) is 69.8 Å². The number of benzene rings is 1. The molecule has 0 unspecified atom stereocenters. The van der Waals surface area contributed by atoms with Crippen molar-refractivity contribution in [2.75, 3.05) is 43.4 Å². The van der Waals surface area contributed by atoms with Gasteiger partial charge in [0.25, 0.3) is 5.91 Å². The maximum absolute atomic E-state index is 12.3. The van der Waals surface area contributed by atoms with E-state index >= 15 is 0 Å². The average molecular weight is 412 g/mol. The highest BCUT2D eigenvalue weighted by molar-refractivity contribution is 7.89. The number of nitrogens with one attached hydrogen (secondary N) is 1. The third kappa shape index (κ3) is 6.79. The first-order valence-electron chi connectivity index (χ1n) is 9.57. The summed E-state index contributed by atoms with van der Waals surface area (Å²) in [4.78, 5) is 28.1. The van der Waals surface area contributed by atoms with Gasteiger partial charge in [-0.05, 0) is 25.5 Å². The number of para-hydroxylation sites is 1. The molecule has 1 atom stereocenters. The number of esters is 1. The molecule has 1 aromatic rings. The van der Waals surface area contributed by atoms with Gasteiger partial charge >= 0.3 is 5.97 Å². The lowest BCUT2D eigenvalue weighted by Crippen LogP contribution is -2.50. The van der Waals surface area contributed by atoms with Crippen molar-refractivity contribution in [3.8, 4) is 0 Å². The van der Waals surface area contributed by atoms with Gasteiger partial charge in [0.1, 0.15) is 6.04 Å². The number of anilines is 1. The quantitative estimate of drug-likeness (QED) is 0.609. The SMILES string of the molecule is CCCCS(=O)(=O)N[C@@H](C)C(=O)OCC(=O)N1CCN(c2ccccc2)CC1. The lowest BCUT2D eigenvalue weighted by molar-refractivity contribution is -0.153. The van der Waals surface area contributed by atoms with Gasteiger partial charge in [0.15, 0.2) is 6.61 Å². The molecule has 28 heavy (non-hydrogen) atoms. The molecule has 0 aliphatic carbocycles. The third-order valence-corrected chi connectivity index (χ3v) is 6.11. The summed E-state index contributed by atoms with van der Waals surface area (Å²) in [5.74, 6) is -1.07. The van der Waals surface area contributed by atoms with Crippen molar-refractivity contribution in [2.45, 2.75) is 32.7 Å². The second kappa shape index (κ2) is 10.4. The van der Waals surface area contributed by atoms with Crippen LogP contribution in [0.4, 0.5) is 5.69 Å². The number of nitrogens with zero attached hydrogens (tertiary/aromatic N) is 2. The average Bonchev–Trinajstić information content (AvgIpc) is 2.70. The summed E-state index contributed by atoms with van der Waals surface area (Å²) in [7, 11) is -3.53. The van der Waals surface area contributed by atoms with E-state index in [4.69, 9.17) is 4.74 Å². The van der Waals surface area contributed by atoms with Crippen LogP contribution < -0.4 is 9.62 Å². The molecule has 9 heteroatoms. The molecular formula is C19H29N3O5S. The number of carbonyl (C=O) groups excluding carboxylic acids is 2. The lowest BCUT2D eigenvalue weighted by atomic mass is 10.2. The Morgan fingerprint density at radius 2 is 1.79 bits per heavy atom. The van der Waals surface area contributed by atoms with Crippen LogP contribution in [0.2, 0.25) is 0 Å². The van der Waals surface area contributed by atoms with Gasteiger partial charge in [-0.25, -0.2) is 13.1 Å². The van der Waals surface area contributed by atoms with Crippen LogP contribution in [0.3, 0.4) is 0 Å². The Kier molecular flexibility index (Phi) is 8.25. The van der Waals surface area contributed by atoms with E-state index in [1.807, 2.05) is 37.3 Å². The van der Waals surface area contributed by atoms with Gasteiger partial charge in [0, 0.05) is 31.9 Å². The van der Waals surface area contributed by atoms with E-state index in [1.165, 1.54) is 6.92 Å². The maximum atomic E-state index is 12.3. The molecule has 0 radical (unpaired) electrons. The molecule has 1 fully saturated rings. The number of amides is 1. The second-order valence-electron chi connectivity index (χ2n) is 6.82. The summed E-state index contributed by atoms with van der Waals surface area (Å²) >= 11 is 0. The minimum Gasteiger partial charge on any atom is -0.454 e. The van der Waals surface area contributed by atoms with E-state index in [0.717, 1.165) is 12.1 Å². The third-order valence-electron chi connectivity index (χ3n) is 4.57. The van der Waals surface area contributed by atoms with Crippen molar-refractivity contribution in [3.63, 3.8) is 0 Å². The minimum absolute atomic E-state index is 0.0360. The molecule has 1 amide bonds. The molecule has 1 aliphatic rings. The fraction of sp³-hybridized carbons (Fsp3) is 0.579. The molecule has 8 nitrogen and oxygen atoms in total. The van der Waals surface area contributed by atoms with E-state index in [0.29, 0.717) is 32.6 Å². The maximum Gasteiger partial charge on any atom is 0.324 e. The molecule has 0 spiro atoms. The summed E-state index contributed by atoms with van der Waals surface area (Å²) < 4.78 is 31.0. The number of sulfonamides is 1. The zero-order valence-corrected chi connectivity index (χ0v) is 17.3. The van der Waals surface area contributed by atoms with Gasteiger partial charge in [-0.1, -0.05) is 31.5 Å². The van der Waals surface area contributed by atoms with Gasteiger partial charge in [0.05, 0.1) is 5.75 Å². The molecule has 1 aliphatic heterocycles. The van der Waals surface area contributed by atoms with Gasteiger partial charge in [0.2, 0.25) is 10.0 Å². The molecule has 1 saturated heterocycles. The molecular weight excluding hydrogens is 382 g/mol. The molecule has 1 aromatic carbocycles. The van der Waals surface area contributed by atoms with Crippen molar-refractivity contribution in [3.05, 3.63) is 30.3 Å². The van der Waals surface area contributed by atoms with Crippen LogP contribution in [0.15, 0.2) is 30.3 Å². The Balaban J connectivity index is 1.74. The number of hydrogen-bond donors (Lipinski definition) is 1. The highest BCUT2D eigenvalue weighted by Gasteiger charge is 2.25. The second-order valence-corrected chi connectivity index (χ2v) is 8.70. The van der Waals surface area contributed by atoms with E-state index < -0.39 is 22.0 Å². The summed E-state index contributed by atoms with van der Waals surface area (Å²) in [5, 5.41) is 0. The molecule has 1 heterocycles.